The molecule has 7 heteroatoms. The molecule has 116 valence electrons. The molecule has 2 amide bonds. The van der Waals surface area contributed by atoms with Crippen molar-refractivity contribution in [3.63, 3.8) is 0 Å². The summed E-state index contributed by atoms with van der Waals surface area (Å²) in [7, 11) is -0.850. The molecule has 3 N–H and O–H groups in total. The molecule has 1 unspecified atom stereocenters. The highest BCUT2D eigenvalue weighted by atomic mass is 32.2. The second-order valence-corrected chi connectivity index (χ2v) is 6.94. The maximum Gasteiger partial charge on any atom is 0.314 e. The van der Waals surface area contributed by atoms with Gasteiger partial charge >= 0.3 is 12.0 Å². The van der Waals surface area contributed by atoms with Crippen LogP contribution in [0, 0.1) is 5.41 Å². The average Bonchev–Trinajstić information content (AvgIpc) is 2.42. The third-order valence-corrected chi connectivity index (χ3v) is 4.61. The van der Waals surface area contributed by atoms with Gasteiger partial charge in [-0.15, -0.1) is 0 Å². The van der Waals surface area contributed by atoms with E-state index in [1.807, 2.05) is 0 Å². The van der Waals surface area contributed by atoms with E-state index in [1.54, 1.807) is 6.26 Å². The second kappa shape index (κ2) is 8.24. The zero-order chi connectivity index (χ0) is 15.0. The summed E-state index contributed by atoms with van der Waals surface area (Å²) >= 11 is 0. The number of carbonyl (C=O) groups excluding carboxylic acids is 1. The summed E-state index contributed by atoms with van der Waals surface area (Å²) in [5, 5.41) is 14.7. The predicted molar refractivity (Wildman–Crippen MR) is 78.1 cm³/mol. The predicted octanol–water partition coefficient (Wildman–Crippen LogP) is 1.09. The minimum absolute atomic E-state index is 0.174. The van der Waals surface area contributed by atoms with Crippen molar-refractivity contribution in [1.29, 1.82) is 0 Å². The molecule has 0 saturated heterocycles. The van der Waals surface area contributed by atoms with Gasteiger partial charge in [-0.05, 0) is 19.3 Å². The Morgan fingerprint density at radius 2 is 1.85 bits per heavy atom. The summed E-state index contributed by atoms with van der Waals surface area (Å²) < 4.78 is 10.9. The lowest BCUT2D eigenvalue weighted by molar-refractivity contribution is -0.150. The lowest BCUT2D eigenvalue weighted by atomic mass is 9.74. The van der Waals surface area contributed by atoms with E-state index in [2.05, 4.69) is 10.6 Å². The van der Waals surface area contributed by atoms with Crippen LogP contribution in [0.15, 0.2) is 0 Å². The van der Waals surface area contributed by atoms with Gasteiger partial charge in [0.2, 0.25) is 0 Å². The lowest BCUT2D eigenvalue weighted by Crippen LogP contribution is -2.47. The summed E-state index contributed by atoms with van der Waals surface area (Å²) in [6.45, 7) is 0.624. The smallest absolute Gasteiger partial charge is 0.314 e. The molecule has 0 aromatic rings. The van der Waals surface area contributed by atoms with Crippen LogP contribution in [0.2, 0.25) is 0 Å². The molecule has 20 heavy (non-hydrogen) atoms. The van der Waals surface area contributed by atoms with Crippen LogP contribution in [0.25, 0.3) is 0 Å². The molecule has 0 radical (unpaired) electrons. The third-order valence-electron chi connectivity index (χ3n) is 3.75. The Morgan fingerprint density at radius 3 is 2.40 bits per heavy atom. The van der Waals surface area contributed by atoms with Gasteiger partial charge < -0.3 is 15.7 Å². The fraction of sp³-hybridized carbons (Fsp3) is 0.846. The molecule has 0 aliphatic heterocycles. The molecule has 6 nitrogen and oxygen atoms in total. The Balaban J connectivity index is 2.30. The van der Waals surface area contributed by atoms with Gasteiger partial charge in [-0.2, -0.15) is 0 Å². The Labute approximate surface area is 122 Å². The number of urea groups is 1. The molecule has 0 spiro atoms. The summed E-state index contributed by atoms with van der Waals surface area (Å²) in [6, 6.07) is -0.349. The number of hydrogen-bond donors (Lipinski definition) is 3. The Kier molecular flexibility index (Phi) is 6.98. The first-order chi connectivity index (χ1) is 9.46. The van der Waals surface area contributed by atoms with Crippen molar-refractivity contribution in [2.45, 2.75) is 38.5 Å². The molecule has 0 aromatic carbocycles. The SMILES string of the molecule is CS(=O)CCCNC(=O)NCC1(C(=O)O)CCCCC1. The lowest BCUT2D eigenvalue weighted by Gasteiger charge is -2.33. The van der Waals surface area contributed by atoms with E-state index in [0.717, 1.165) is 19.3 Å². The first kappa shape index (κ1) is 16.9. The van der Waals surface area contributed by atoms with E-state index in [9.17, 15) is 18.9 Å². The fourth-order valence-corrected chi connectivity index (χ4v) is 3.03. The van der Waals surface area contributed by atoms with Gasteiger partial charge in [0, 0.05) is 35.9 Å². The van der Waals surface area contributed by atoms with E-state index in [4.69, 9.17) is 0 Å². The van der Waals surface area contributed by atoms with Crippen LogP contribution in [0.3, 0.4) is 0 Å². The summed E-state index contributed by atoms with van der Waals surface area (Å²) in [5.41, 5.74) is -0.805. The number of carbonyl (C=O) groups is 2. The maximum absolute atomic E-state index is 11.6. The van der Waals surface area contributed by atoms with Gasteiger partial charge in [0.15, 0.2) is 0 Å². The van der Waals surface area contributed by atoms with E-state index >= 15 is 0 Å². The number of aliphatic carboxylic acids is 1. The molecule has 1 rings (SSSR count). The van der Waals surface area contributed by atoms with Gasteiger partial charge in [-0.3, -0.25) is 9.00 Å². The fourth-order valence-electron chi connectivity index (χ4n) is 2.48. The number of amides is 2. The maximum atomic E-state index is 11.6. The first-order valence-corrected chi connectivity index (χ1v) is 8.74. The van der Waals surface area contributed by atoms with Crippen LogP contribution in [0.4, 0.5) is 4.79 Å². The van der Waals surface area contributed by atoms with Gasteiger partial charge in [0.1, 0.15) is 0 Å². The van der Waals surface area contributed by atoms with Crippen LogP contribution >= 0.6 is 0 Å². The highest BCUT2D eigenvalue weighted by Crippen LogP contribution is 2.35. The van der Waals surface area contributed by atoms with Gasteiger partial charge in [-0.1, -0.05) is 19.3 Å². The summed E-state index contributed by atoms with van der Waals surface area (Å²) in [4.78, 5) is 23.0. The highest BCUT2D eigenvalue weighted by Gasteiger charge is 2.39. The van der Waals surface area contributed by atoms with Crippen molar-refractivity contribution in [3.8, 4) is 0 Å². The Morgan fingerprint density at radius 1 is 1.20 bits per heavy atom. The van der Waals surface area contributed by atoms with Crippen molar-refractivity contribution in [2.75, 3.05) is 25.1 Å². The van der Waals surface area contributed by atoms with Crippen molar-refractivity contribution in [3.05, 3.63) is 0 Å². The minimum Gasteiger partial charge on any atom is -0.481 e. The number of carboxylic acid groups (broad SMARTS) is 1. The largest absolute Gasteiger partial charge is 0.481 e. The third kappa shape index (κ3) is 5.48. The monoisotopic (exact) mass is 304 g/mol. The molecule has 1 fully saturated rings. The van der Waals surface area contributed by atoms with Crippen molar-refractivity contribution < 1.29 is 18.9 Å². The highest BCUT2D eigenvalue weighted by molar-refractivity contribution is 7.84. The molecule has 1 saturated carbocycles. The molecule has 0 aromatic heterocycles. The van der Waals surface area contributed by atoms with E-state index in [0.29, 0.717) is 31.6 Å². The van der Waals surface area contributed by atoms with E-state index < -0.39 is 22.2 Å². The molecule has 1 atom stereocenters. The second-order valence-electron chi connectivity index (χ2n) is 5.39. The van der Waals surface area contributed by atoms with Crippen LogP contribution < -0.4 is 10.6 Å². The van der Waals surface area contributed by atoms with Crippen LogP contribution in [0.5, 0.6) is 0 Å². The molecular formula is C13H24N2O4S. The zero-order valence-electron chi connectivity index (χ0n) is 11.9. The Bertz CT molecular complexity index is 367. The van der Waals surface area contributed by atoms with Crippen LogP contribution in [0.1, 0.15) is 38.5 Å². The van der Waals surface area contributed by atoms with Gasteiger partial charge in [0.05, 0.1) is 5.41 Å². The quantitative estimate of drug-likeness (QED) is 0.614. The molecule has 1 aliphatic carbocycles. The van der Waals surface area contributed by atoms with Crippen LogP contribution in [-0.2, 0) is 15.6 Å². The van der Waals surface area contributed by atoms with E-state index in [1.165, 1.54) is 0 Å². The van der Waals surface area contributed by atoms with Gasteiger partial charge in [-0.25, -0.2) is 4.79 Å². The number of carboxylic acids is 1. The summed E-state index contributed by atoms with van der Waals surface area (Å²) in [5.74, 6) is -0.266. The first-order valence-electron chi connectivity index (χ1n) is 7.01. The van der Waals surface area contributed by atoms with Crippen molar-refractivity contribution >= 4 is 22.8 Å². The molecule has 0 heterocycles. The molecule has 1 aliphatic rings. The normalized spacial score (nSPS) is 19.1. The molecular weight excluding hydrogens is 280 g/mol. The average molecular weight is 304 g/mol. The number of rotatable bonds is 7. The number of nitrogens with one attached hydrogen (secondary N) is 2. The van der Waals surface area contributed by atoms with Gasteiger partial charge in [0.25, 0.3) is 0 Å². The molecule has 0 bridgehead atoms. The Hall–Kier alpha value is -1.11. The zero-order valence-corrected chi connectivity index (χ0v) is 12.8. The van der Waals surface area contributed by atoms with E-state index in [-0.39, 0.29) is 12.6 Å². The van der Waals surface area contributed by atoms with Crippen molar-refractivity contribution in [1.82, 2.24) is 10.6 Å². The van der Waals surface area contributed by atoms with Crippen molar-refractivity contribution in [2.24, 2.45) is 5.41 Å². The summed E-state index contributed by atoms with van der Waals surface area (Å²) in [6.07, 6.45) is 6.39. The minimum atomic E-state index is -0.850. The van der Waals surface area contributed by atoms with Crippen LogP contribution in [-0.4, -0.2) is 46.4 Å². The number of hydrogen-bond acceptors (Lipinski definition) is 3. The topological polar surface area (TPSA) is 95.5 Å². The standard InChI is InChI=1S/C13H24N2O4S/c1-20(19)9-5-8-14-12(18)15-10-13(11(16)17)6-3-2-4-7-13/h2-10H2,1H3,(H,16,17)(H2,14,15,18).